The van der Waals surface area contributed by atoms with Gasteiger partial charge >= 0.3 is 0 Å². The average Bonchev–Trinajstić information content (AvgIpc) is 2.14. The van der Waals surface area contributed by atoms with E-state index < -0.39 is 23.4 Å². The summed E-state index contributed by atoms with van der Waals surface area (Å²) < 4.78 is 13.5. The number of aliphatic hydroxyl groups is 1. The van der Waals surface area contributed by atoms with Gasteiger partial charge in [-0.3, -0.25) is 0 Å². The third-order valence-electron chi connectivity index (χ3n) is 2.57. The van der Waals surface area contributed by atoms with E-state index in [1.807, 2.05) is 20.8 Å². The van der Waals surface area contributed by atoms with Crippen molar-refractivity contribution < 1.29 is 14.6 Å². The van der Waals surface area contributed by atoms with Crippen molar-refractivity contribution in [2.24, 2.45) is 11.1 Å². The van der Waals surface area contributed by atoms with Gasteiger partial charge in [0.1, 0.15) is 11.6 Å². The normalized spacial score (nSPS) is 15.9. The Bertz CT molecular complexity index is 374. The van der Waals surface area contributed by atoms with E-state index in [1.165, 1.54) is 12.1 Å². The molecule has 1 rings (SSSR count). The SMILES string of the molecule is CC(C)(C)[C@H](O)[C@H](N)c1ccc(O)cc1F. The quantitative estimate of drug-likeness (QED) is 0.723. The number of aromatic hydroxyl groups is 1. The smallest absolute Gasteiger partial charge is 0.131 e. The maximum atomic E-state index is 13.5. The van der Waals surface area contributed by atoms with Crippen LogP contribution < -0.4 is 5.73 Å². The molecule has 0 saturated heterocycles. The van der Waals surface area contributed by atoms with Gasteiger partial charge in [0.25, 0.3) is 0 Å². The van der Waals surface area contributed by atoms with Gasteiger partial charge in [-0.15, -0.1) is 0 Å². The van der Waals surface area contributed by atoms with E-state index in [-0.39, 0.29) is 11.3 Å². The van der Waals surface area contributed by atoms with Gasteiger partial charge in [-0.2, -0.15) is 0 Å². The molecule has 0 aliphatic rings. The molecule has 2 atom stereocenters. The molecule has 0 radical (unpaired) electrons. The van der Waals surface area contributed by atoms with E-state index in [0.717, 1.165) is 6.07 Å². The van der Waals surface area contributed by atoms with Gasteiger partial charge in [0.2, 0.25) is 0 Å². The van der Waals surface area contributed by atoms with Crippen LogP contribution in [0.15, 0.2) is 18.2 Å². The van der Waals surface area contributed by atoms with Crippen molar-refractivity contribution in [3.8, 4) is 5.75 Å². The van der Waals surface area contributed by atoms with E-state index in [0.29, 0.717) is 0 Å². The monoisotopic (exact) mass is 227 g/mol. The molecule has 0 amide bonds. The van der Waals surface area contributed by atoms with Crippen LogP contribution in [-0.2, 0) is 0 Å². The minimum absolute atomic E-state index is 0.154. The van der Waals surface area contributed by atoms with Crippen LogP contribution >= 0.6 is 0 Å². The van der Waals surface area contributed by atoms with Gasteiger partial charge in [0, 0.05) is 11.6 Å². The van der Waals surface area contributed by atoms with E-state index in [4.69, 9.17) is 10.8 Å². The number of benzene rings is 1. The molecule has 1 aromatic carbocycles. The summed E-state index contributed by atoms with van der Waals surface area (Å²) in [6, 6.07) is 2.93. The Balaban J connectivity index is 3.01. The van der Waals surface area contributed by atoms with Crippen molar-refractivity contribution in [3.63, 3.8) is 0 Å². The second-order valence-electron chi connectivity index (χ2n) is 5.04. The lowest BCUT2D eigenvalue weighted by molar-refractivity contribution is 0.0391. The number of aliphatic hydroxyl groups excluding tert-OH is 1. The topological polar surface area (TPSA) is 66.5 Å². The second kappa shape index (κ2) is 4.39. The molecule has 0 fully saturated rings. The number of nitrogens with two attached hydrogens (primary N) is 1. The number of hydrogen-bond donors (Lipinski definition) is 3. The largest absolute Gasteiger partial charge is 0.508 e. The summed E-state index contributed by atoms with van der Waals surface area (Å²) in [5.74, 6) is -0.755. The molecule has 90 valence electrons. The van der Waals surface area contributed by atoms with Crippen LogP contribution in [0.4, 0.5) is 4.39 Å². The Labute approximate surface area is 94.7 Å². The predicted octanol–water partition coefficient (Wildman–Crippen LogP) is 1.94. The number of hydrogen-bond acceptors (Lipinski definition) is 3. The average molecular weight is 227 g/mol. The predicted molar refractivity (Wildman–Crippen MR) is 60.5 cm³/mol. The van der Waals surface area contributed by atoms with Crippen molar-refractivity contribution in [1.29, 1.82) is 0 Å². The first-order chi connectivity index (χ1) is 7.23. The molecule has 1 aromatic rings. The first-order valence-electron chi connectivity index (χ1n) is 5.15. The van der Waals surface area contributed by atoms with E-state index >= 15 is 0 Å². The first kappa shape index (κ1) is 12.9. The van der Waals surface area contributed by atoms with Crippen LogP contribution in [0.3, 0.4) is 0 Å². The lowest BCUT2D eigenvalue weighted by Gasteiger charge is -2.31. The minimum Gasteiger partial charge on any atom is -0.508 e. The Morgan fingerprint density at radius 3 is 2.31 bits per heavy atom. The van der Waals surface area contributed by atoms with Crippen molar-refractivity contribution in [1.82, 2.24) is 0 Å². The van der Waals surface area contributed by atoms with Gasteiger partial charge in [-0.25, -0.2) is 4.39 Å². The van der Waals surface area contributed by atoms with Gasteiger partial charge in [-0.1, -0.05) is 26.8 Å². The molecule has 0 aliphatic heterocycles. The maximum absolute atomic E-state index is 13.5. The first-order valence-corrected chi connectivity index (χ1v) is 5.15. The third-order valence-corrected chi connectivity index (χ3v) is 2.57. The molecule has 4 N–H and O–H groups in total. The van der Waals surface area contributed by atoms with Gasteiger partial charge in [0.05, 0.1) is 12.1 Å². The Morgan fingerprint density at radius 1 is 1.31 bits per heavy atom. The highest BCUT2D eigenvalue weighted by molar-refractivity contribution is 5.30. The third kappa shape index (κ3) is 2.71. The molecule has 0 unspecified atom stereocenters. The molecule has 0 bridgehead atoms. The van der Waals surface area contributed by atoms with Crippen molar-refractivity contribution in [2.75, 3.05) is 0 Å². The Hall–Kier alpha value is -1.13. The van der Waals surface area contributed by atoms with Crippen LogP contribution in [0.25, 0.3) is 0 Å². The van der Waals surface area contributed by atoms with Crippen molar-refractivity contribution >= 4 is 0 Å². The summed E-state index contributed by atoms with van der Waals surface area (Å²) in [5, 5.41) is 19.0. The summed E-state index contributed by atoms with van der Waals surface area (Å²) in [6.45, 7) is 5.49. The lowest BCUT2D eigenvalue weighted by atomic mass is 9.82. The molecular weight excluding hydrogens is 209 g/mol. The minimum atomic E-state index is -0.855. The van der Waals surface area contributed by atoms with Gasteiger partial charge < -0.3 is 15.9 Å². The van der Waals surface area contributed by atoms with Crippen LogP contribution in [0.5, 0.6) is 5.75 Å². The summed E-state index contributed by atoms with van der Waals surface area (Å²) in [7, 11) is 0. The molecule has 4 heteroatoms. The highest BCUT2D eigenvalue weighted by atomic mass is 19.1. The molecular formula is C12H18FNO2. The van der Waals surface area contributed by atoms with Crippen LogP contribution in [0.2, 0.25) is 0 Å². The number of rotatable bonds is 2. The summed E-state index contributed by atoms with van der Waals surface area (Å²) in [5.41, 5.74) is 5.59. The summed E-state index contributed by atoms with van der Waals surface area (Å²) in [4.78, 5) is 0. The number of phenolic OH excluding ortho intramolecular Hbond substituents is 1. The van der Waals surface area contributed by atoms with E-state index in [2.05, 4.69) is 0 Å². The summed E-state index contributed by atoms with van der Waals surface area (Å²) in [6.07, 6.45) is -0.855. The van der Waals surface area contributed by atoms with Gasteiger partial charge in [0.15, 0.2) is 0 Å². The molecule has 16 heavy (non-hydrogen) atoms. The number of phenols is 1. The molecule has 0 heterocycles. The maximum Gasteiger partial charge on any atom is 0.131 e. The number of halogens is 1. The van der Waals surface area contributed by atoms with Crippen molar-refractivity contribution in [3.05, 3.63) is 29.6 Å². The fraction of sp³-hybridized carbons (Fsp3) is 0.500. The highest BCUT2D eigenvalue weighted by Crippen LogP contribution is 2.30. The zero-order chi connectivity index (χ0) is 12.5. The van der Waals surface area contributed by atoms with E-state index in [9.17, 15) is 9.50 Å². The van der Waals surface area contributed by atoms with Crippen LogP contribution in [0.1, 0.15) is 32.4 Å². The molecule has 0 spiro atoms. The molecule has 0 aliphatic carbocycles. The van der Waals surface area contributed by atoms with Crippen molar-refractivity contribution in [2.45, 2.75) is 32.9 Å². The Kier molecular flexibility index (Phi) is 3.55. The fourth-order valence-corrected chi connectivity index (χ4v) is 1.50. The Morgan fingerprint density at radius 2 is 1.88 bits per heavy atom. The van der Waals surface area contributed by atoms with Gasteiger partial charge in [-0.05, 0) is 11.5 Å². The lowest BCUT2D eigenvalue weighted by Crippen LogP contribution is -2.37. The fourth-order valence-electron chi connectivity index (χ4n) is 1.50. The molecule has 0 saturated carbocycles. The standard InChI is InChI=1S/C12H18FNO2/c1-12(2,3)11(16)10(14)8-5-4-7(15)6-9(8)13/h4-6,10-11,15-16H,14H2,1-3H3/t10-,11-/m1/s1. The molecule has 0 aromatic heterocycles. The molecule has 3 nitrogen and oxygen atoms in total. The van der Waals surface area contributed by atoms with Crippen LogP contribution in [0, 0.1) is 11.2 Å². The second-order valence-corrected chi connectivity index (χ2v) is 5.04. The highest BCUT2D eigenvalue weighted by Gasteiger charge is 2.30. The van der Waals surface area contributed by atoms with Crippen LogP contribution in [-0.4, -0.2) is 16.3 Å². The zero-order valence-corrected chi connectivity index (χ0v) is 9.74. The zero-order valence-electron chi connectivity index (χ0n) is 9.74. The van der Waals surface area contributed by atoms with E-state index in [1.54, 1.807) is 0 Å². The summed E-state index contributed by atoms with van der Waals surface area (Å²) >= 11 is 0.